The maximum absolute atomic E-state index is 12.6. The highest BCUT2D eigenvalue weighted by Crippen LogP contribution is 2.34. The molecule has 6 heteroatoms. The Morgan fingerprint density at radius 1 is 1.45 bits per heavy atom. The lowest BCUT2D eigenvalue weighted by Gasteiger charge is -2.34. The number of carbonyl (C=O) groups is 2. The number of nitrogens with two attached hydrogens (primary N) is 1. The summed E-state index contributed by atoms with van der Waals surface area (Å²) in [5.74, 6) is -1.21. The van der Waals surface area contributed by atoms with Crippen molar-refractivity contribution in [2.75, 3.05) is 12.3 Å². The summed E-state index contributed by atoms with van der Waals surface area (Å²) in [6, 6.07) is 4.94. The molecule has 0 spiro atoms. The van der Waals surface area contributed by atoms with Crippen LogP contribution in [0.15, 0.2) is 22.7 Å². The molecule has 1 aliphatic rings. The van der Waals surface area contributed by atoms with Crippen molar-refractivity contribution in [3.8, 4) is 0 Å². The van der Waals surface area contributed by atoms with Gasteiger partial charge in [0.05, 0.1) is 0 Å². The Hall–Kier alpha value is -1.56. The number of amides is 1. The molecule has 1 unspecified atom stereocenters. The first-order valence-corrected chi connectivity index (χ1v) is 7.31. The van der Waals surface area contributed by atoms with Crippen LogP contribution >= 0.6 is 15.9 Å². The second-order valence-corrected chi connectivity index (χ2v) is 5.94. The summed E-state index contributed by atoms with van der Waals surface area (Å²) in [6.07, 6.45) is 1.60. The van der Waals surface area contributed by atoms with E-state index in [9.17, 15) is 14.7 Å². The summed E-state index contributed by atoms with van der Waals surface area (Å²) >= 11 is 3.30. The molecular weight excluding hydrogens is 324 g/mol. The summed E-state index contributed by atoms with van der Waals surface area (Å²) in [4.78, 5) is 25.7. The van der Waals surface area contributed by atoms with E-state index in [0.717, 1.165) is 0 Å². The number of carbonyl (C=O) groups excluding carboxylic acids is 1. The topological polar surface area (TPSA) is 83.6 Å². The van der Waals surface area contributed by atoms with Gasteiger partial charge in [-0.15, -0.1) is 0 Å². The number of nitrogens with zero attached hydrogens (tertiary/aromatic N) is 1. The summed E-state index contributed by atoms with van der Waals surface area (Å²) < 4.78 is 0.706. The summed E-state index contributed by atoms with van der Waals surface area (Å²) in [6.45, 7) is 2.26. The Bertz CT molecular complexity index is 541. The van der Waals surface area contributed by atoms with E-state index in [0.29, 0.717) is 41.5 Å². The number of carboxylic acids is 1. The highest BCUT2D eigenvalue weighted by atomic mass is 79.9. The molecule has 1 aromatic rings. The van der Waals surface area contributed by atoms with Gasteiger partial charge in [-0.1, -0.05) is 22.9 Å². The molecule has 20 heavy (non-hydrogen) atoms. The van der Waals surface area contributed by atoms with Gasteiger partial charge in [-0.2, -0.15) is 0 Å². The molecule has 1 fully saturated rings. The van der Waals surface area contributed by atoms with E-state index in [-0.39, 0.29) is 5.91 Å². The predicted molar refractivity (Wildman–Crippen MR) is 79.5 cm³/mol. The van der Waals surface area contributed by atoms with E-state index in [2.05, 4.69) is 15.9 Å². The highest BCUT2D eigenvalue weighted by molar-refractivity contribution is 9.10. The average Bonchev–Trinajstić information content (AvgIpc) is 2.81. The number of hydrogen-bond donors (Lipinski definition) is 2. The minimum atomic E-state index is -1.09. The Labute approximate surface area is 125 Å². The smallest absolute Gasteiger partial charge is 0.329 e. The van der Waals surface area contributed by atoms with Crippen LogP contribution in [-0.2, 0) is 4.79 Å². The third-order valence-electron chi connectivity index (χ3n) is 3.88. The number of aliphatic carboxylic acids is 1. The normalized spacial score (nSPS) is 22.0. The van der Waals surface area contributed by atoms with Crippen molar-refractivity contribution >= 4 is 33.5 Å². The van der Waals surface area contributed by atoms with Crippen LogP contribution in [0, 0.1) is 0 Å². The van der Waals surface area contributed by atoms with Gasteiger partial charge < -0.3 is 15.7 Å². The Morgan fingerprint density at radius 2 is 2.15 bits per heavy atom. The second-order valence-electron chi connectivity index (χ2n) is 5.02. The van der Waals surface area contributed by atoms with Crippen LogP contribution in [0.2, 0.25) is 0 Å². The quantitative estimate of drug-likeness (QED) is 0.828. The summed E-state index contributed by atoms with van der Waals surface area (Å²) in [5, 5.41) is 9.51. The van der Waals surface area contributed by atoms with Crippen LogP contribution in [0.1, 0.15) is 36.5 Å². The fraction of sp³-hybridized carbons (Fsp3) is 0.429. The fourth-order valence-electron chi connectivity index (χ4n) is 2.81. The Morgan fingerprint density at radius 3 is 2.70 bits per heavy atom. The molecule has 0 radical (unpaired) electrons. The van der Waals surface area contributed by atoms with E-state index in [4.69, 9.17) is 5.73 Å². The lowest BCUT2D eigenvalue weighted by molar-refractivity contribution is -0.148. The van der Waals surface area contributed by atoms with E-state index < -0.39 is 11.5 Å². The van der Waals surface area contributed by atoms with Gasteiger partial charge >= 0.3 is 5.97 Å². The van der Waals surface area contributed by atoms with Gasteiger partial charge in [-0.05, 0) is 37.5 Å². The predicted octanol–water partition coefficient (Wildman–Crippen LogP) is 2.50. The van der Waals surface area contributed by atoms with Gasteiger partial charge in [0.2, 0.25) is 0 Å². The summed E-state index contributed by atoms with van der Waals surface area (Å²) in [5.41, 5.74) is 5.54. The molecule has 1 atom stereocenters. The molecule has 1 saturated heterocycles. The third-order valence-corrected chi connectivity index (χ3v) is 4.34. The van der Waals surface area contributed by atoms with Gasteiger partial charge in [0.25, 0.3) is 5.91 Å². The number of halogens is 1. The van der Waals surface area contributed by atoms with Crippen molar-refractivity contribution in [2.24, 2.45) is 0 Å². The Balaban J connectivity index is 2.39. The first-order valence-electron chi connectivity index (χ1n) is 6.52. The highest BCUT2D eigenvalue weighted by Gasteiger charge is 2.48. The number of likely N-dealkylation sites (tertiary alicyclic amines) is 1. The Kier molecular flexibility index (Phi) is 4.04. The largest absolute Gasteiger partial charge is 0.479 e. The molecule has 0 saturated carbocycles. The lowest BCUT2D eigenvalue weighted by atomic mass is 9.92. The average molecular weight is 341 g/mol. The van der Waals surface area contributed by atoms with Crippen LogP contribution < -0.4 is 5.73 Å². The molecule has 0 bridgehead atoms. The van der Waals surface area contributed by atoms with Gasteiger partial charge in [0, 0.05) is 22.3 Å². The molecule has 5 nitrogen and oxygen atoms in total. The SMILES string of the molecule is CCC1(C(=O)O)CCCN1C(=O)c1cc(N)cc(Br)c1. The molecule has 108 valence electrons. The van der Waals surface area contributed by atoms with Crippen LogP contribution in [0.3, 0.4) is 0 Å². The molecule has 1 amide bonds. The van der Waals surface area contributed by atoms with E-state index in [1.54, 1.807) is 25.1 Å². The number of rotatable bonds is 3. The molecule has 0 aliphatic carbocycles. The molecule has 1 aromatic carbocycles. The fourth-order valence-corrected chi connectivity index (χ4v) is 3.32. The number of nitrogen functional groups attached to an aromatic ring is 1. The molecule has 3 N–H and O–H groups in total. The zero-order valence-electron chi connectivity index (χ0n) is 11.2. The lowest BCUT2D eigenvalue weighted by Crippen LogP contribution is -2.52. The van der Waals surface area contributed by atoms with E-state index >= 15 is 0 Å². The number of benzene rings is 1. The molecular formula is C14H17BrN2O3. The van der Waals surface area contributed by atoms with Gasteiger partial charge in [0.1, 0.15) is 5.54 Å². The second kappa shape index (κ2) is 5.44. The van der Waals surface area contributed by atoms with Crippen molar-refractivity contribution in [1.82, 2.24) is 4.90 Å². The molecule has 1 heterocycles. The van der Waals surface area contributed by atoms with E-state index in [1.165, 1.54) is 4.90 Å². The number of anilines is 1. The first kappa shape index (κ1) is 14.8. The third kappa shape index (κ3) is 2.40. The summed E-state index contributed by atoms with van der Waals surface area (Å²) in [7, 11) is 0. The van der Waals surface area contributed by atoms with Crippen molar-refractivity contribution in [3.05, 3.63) is 28.2 Å². The van der Waals surface area contributed by atoms with Crippen LogP contribution in [-0.4, -0.2) is 34.0 Å². The van der Waals surface area contributed by atoms with Crippen LogP contribution in [0.4, 0.5) is 5.69 Å². The molecule has 2 rings (SSSR count). The minimum absolute atomic E-state index is 0.278. The molecule has 0 aromatic heterocycles. The monoisotopic (exact) mass is 340 g/mol. The van der Waals surface area contributed by atoms with Gasteiger partial charge in [-0.25, -0.2) is 4.79 Å². The minimum Gasteiger partial charge on any atom is -0.479 e. The number of carboxylic acid groups (broad SMARTS) is 1. The van der Waals surface area contributed by atoms with Crippen molar-refractivity contribution in [1.29, 1.82) is 0 Å². The first-order chi connectivity index (χ1) is 9.40. The van der Waals surface area contributed by atoms with Crippen LogP contribution in [0.5, 0.6) is 0 Å². The van der Waals surface area contributed by atoms with Crippen molar-refractivity contribution in [3.63, 3.8) is 0 Å². The van der Waals surface area contributed by atoms with E-state index in [1.807, 2.05) is 0 Å². The van der Waals surface area contributed by atoms with Gasteiger partial charge in [-0.3, -0.25) is 4.79 Å². The standard InChI is InChI=1S/C14H17BrN2O3/c1-2-14(13(19)20)4-3-5-17(14)12(18)9-6-10(15)8-11(16)7-9/h6-8H,2-5,16H2,1H3,(H,19,20). The zero-order valence-corrected chi connectivity index (χ0v) is 12.8. The number of hydrogen-bond acceptors (Lipinski definition) is 3. The van der Waals surface area contributed by atoms with Crippen molar-refractivity contribution in [2.45, 2.75) is 31.7 Å². The molecule has 1 aliphatic heterocycles. The maximum atomic E-state index is 12.6. The van der Waals surface area contributed by atoms with Gasteiger partial charge in [0.15, 0.2) is 0 Å². The van der Waals surface area contributed by atoms with Crippen LogP contribution in [0.25, 0.3) is 0 Å². The van der Waals surface area contributed by atoms with Crippen molar-refractivity contribution < 1.29 is 14.7 Å². The maximum Gasteiger partial charge on any atom is 0.329 e. The zero-order chi connectivity index (χ0) is 14.9.